The number of nitro benzene ring substituents is 1. The van der Waals surface area contributed by atoms with E-state index in [1.807, 2.05) is 6.92 Å². The van der Waals surface area contributed by atoms with Gasteiger partial charge in [0.1, 0.15) is 0 Å². The van der Waals surface area contributed by atoms with Crippen molar-refractivity contribution in [2.45, 2.75) is 26.2 Å². The molecule has 0 heterocycles. The molecule has 18 heavy (non-hydrogen) atoms. The van der Waals surface area contributed by atoms with Crippen LogP contribution in [0.3, 0.4) is 0 Å². The highest BCUT2D eigenvalue weighted by Gasteiger charge is 2.41. The molecule has 98 valence electrons. The van der Waals surface area contributed by atoms with Crippen molar-refractivity contribution < 1.29 is 10.0 Å². The number of nitrogens with zero attached hydrogens (tertiary/aromatic N) is 1. The fraction of sp³-hybridized carbons (Fsp3) is 0.538. The van der Waals surface area contributed by atoms with Gasteiger partial charge in [0.05, 0.1) is 4.92 Å². The predicted molar refractivity (Wildman–Crippen MR) is 69.7 cm³/mol. The van der Waals surface area contributed by atoms with Gasteiger partial charge in [0.25, 0.3) is 5.69 Å². The van der Waals surface area contributed by atoms with Crippen LogP contribution in [-0.4, -0.2) is 23.2 Å². The van der Waals surface area contributed by atoms with E-state index in [2.05, 4.69) is 5.32 Å². The summed E-state index contributed by atoms with van der Waals surface area (Å²) in [6.07, 6.45) is 3.12. The smallest absolute Gasteiger partial charge is 0.269 e. The Balaban J connectivity index is 2.00. The average Bonchev–Trinajstić information content (AvgIpc) is 3.08. The van der Waals surface area contributed by atoms with Gasteiger partial charge in [-0.25, -0.2) is 0 Å². The summed E-state index contributed by atoms with van der Waals surface area (Å²) in [5, 5.41) is 23.0. The molecule has 1 aromatic carbocycles. The number of hydrogen-bond acceptors (Lipinski definition) is 4. The summed E-state index contributed by atoms with van der Waals surface area (Å²) in [5.74, 6) is 0. The lowest BCUT2D eigenvalue weighted by Gasteiger charge is -2.16. The number of aryl methyl sites for hydroxylation is 1. The zero-order valence-electron chi connectivity index (χ0n) is 10.5. The van der Waals surface area contributed by atoms with E-state index < -0.39 is 0 Å². The van der Waals surface area contributed by atoms with Crippen molar-refractivity contribution in [3.8, 4) is 0 Å². The third-order valence-corrected chi connectivity index (χ3v) is 3.67. The monoisotopic (exact) mass is 250 g/mol. The van der Waals surface area contributed by atoms with E-state index in [1.54, 1.807) is 12.1 Å². The van der Waals surface area contributed by atoms with Crippen molar-refractivity contribution in [1.82, 2.24) is 0 Å². The highest BCUT2D eigenvalue weighted by molar-refractivity contribution is 5.55. The Hall–Kier alpha value is -1.62. The van der Waals surface area contributed by atoms with Gasteiger partial charge in [0, 0.05) is 31.0 Å². The first-order chi connectivity index (χ1) is 8.56. The summed E-state index contributed by atoms with van der Waals surface area (Å²) in [6.45, 7) is 2.91. The molecule has 5 heteroatoms. The number of nitrogens with one attached hydrogen (secondary N) is 1. The van der Waals surface area contributed by atoms with Crippen molar-refractivity contribution in [1.29, 1.82) is 0 Å². The minimum Gasteiger partial charge on any atom is -0.396 e. The van der Waals surface area contributed by atoms with E-state index >= 15 is 0 Å². The first-order valence-corrected chi connectivity index (χ1v) is 6.16. The third kappa shape index (κ3) is 2.79. The standard InChI is InChI=1S/C13H18N2O3/c1-10-8-11(15(17)18)2-3-12(10)14-9-13(4-5-13)6-7-16/h2-3,8,14,16H,4-7,9H2,1H3. The van der Waals surface area contributed by atoms with Gasteiger partial charge >= 0.3 is 0 Å². The molecule has 0 amide bonds. The van der Waals surface area contributed by atoms with Gasteiger partial charge in [0.15, 0.2) is 0 Å². The number of benzene rings is 1. The van der Waals surface area contributed by atoms with E-state index in [0.29, 0.717) is 0 Å². The Labute approximate surface area is 106 Å². The maximum Gasteiger partial charge on any atom is 0.269 e. The summed E-state index contributed by atoms with van der Waals surface area (Å²) >= 11 is 0. The second-order valence-corrected chi connectivity index (χ2v) is 5.08. The highest BCUT2D eigenvalue weighted by atomic mass is 16.6. The van der Waals surface area contributed by atoms with Crippen LogP contribution < -0.4 is 5.32 Å². The second kappa shape index (κ2) is 4.94. The Morgan fingerprint density at radius 1 is 1.50 bits per heavy atom. The minimum atomic E-state index is -0.384. The number of anilines is 1. The molecule has 1 aliphatic rings. The molecule has 0 saturated heterocycles. The molecule has 1 saturated carbocycles. The quantitative estimate of drug-likeness (QED) is 0.600. The van der Waals surface area contributed by atoms with Gasteiger partial charge in [0.2, 0.25) is 0 Å². The maximum absolute atomic E-state index is 10.6. The third-order valence-electron chi connectivity index (χ3n) is 3.67. The van der Waals surface area contributed by atoms with Crippen LogP contribution in [0.5, 0.6) is 0 Å². The minimum absolute atomic E-state index is 0.120. The van der Waals surface area contributed by atoms with Crippen molar-refractivity contribution in [2.75, 3.05) is 18.5 Å². The number of aliphatic hydroxyl groups is 1. The molecule has 0 aliphatic heterocycles. The molecule has 2 rings (SSSR count). The highest BCUT2D eigenvalue weighted by Crippen LogP contribution is 2.48. The van der Waals surface area contributed by atoms with Gasteiger partial charge in [-0.2, -0.15) is 0 Å². The van der Waals surface area contributed by atoms with Crippen LogP contribution in [-0.2, 0) is 0 Å². The normalized spacial score (nSPS) is 16.3. The number of nitro groups is 1. The molecule has 1 fully saturated rings. The molecular weight excluding hydrogens is 232 g/mol. The zero-order chi connectivity index (χ0) is 13.2. The zero-order valence-corrected chi connectivity index (χ0v) is 10.5. The number of non-ortho nitro benzene ring substituents is 1. The van der Waals surface area contributed by atoms with E-state index in [0.717, 1.165) is 37.1 Å². The van der Waals surface area contributed by atoms with E-state index in [1.165, 1.54) is 6.07 Å². The maximum atomic E-state index is 10.6. The first kappa shape index (κ1) is 12.8. The van der Waals surface area contributed by atoms with E-state index in [9.17, 15) is 10.1 Å². The Kier molecular flexibility index (Phi) is 3.52. The predicted octanol–water partition coefficient (Wildman–Crippen LogP) is 2.48. The van der Waals surface area contributed by atoms with Crippen LogP contribution in [0.25, 0.3) is 0 Å². The molecular formula is C13H18N2O3. The molecule has 1 aliphatic carbocycles. The van der Waals surface area contributed by atoms with Crippen LogP contribution in [0, 0.1) is 22.5 Å². The van der Waals surface area contributed by atoms with Crippen LogP contribution in [0.2, 0.25) is 0 Å². The molecule has 0 radical (unpaired) electrons. The lowest BCUT2D eigenvalue weighted by molar-refractivity contribution is -0.384. The van der Waals surface area contributed by atoms with Crippen LogP contribution in [0.15, 0.2) is 18.2 Å². The van der Waals surface area contributed by atoms with Gasteiger partial charge < -0.3 is 10.4 Å². The Morgan fingerprint density at radius 2 is 2.22 bits per heavy atom. The average molecular weight is 250 g/mol. The molecule has 0 spiro atoms. The van der Waals surface area contributed by atoms with E-state index in [-0.39, 0.29) is 22.6 Å². The second-order valence-electron chi connectivity index (χ2n) is 5.08. The SMILES string of the molecule is Cc1cc([N+](=O)[O-])ccc1NCC1(CCO)CC1. The summed E-state index contributed by atoms with van der Waals surface area (Å²) in [6, 6.07) is 4.84. The van der Waals surface area contributed by atoms with Gasteiger partial charge in [-0.05, 0) is 43.2 Å². The lowest BCUT2D eigenvalue weighted by atomic mass is 10.0. The molecule has 0 bridgehead atoms. The summed E-state index contributed by atoms with van der Waals surface area (Å²) in [4.78, 5) is 10.3. The summed E-state index contributed by atoms with van der Waals surface area (Å²) in [7, 11) is 0. The molecule has 0 unspecified atom stereocenters. The largest absolute Gasteiger partial charge is 0.396 e. The molecule has 5 nitrogen and oxygen atoms in total. The number of hydrogen-bond donors (Lipinski definition) is 2. The van der Waals surface area contributed by atoms with E-state index in [4.69, 9.17) is 5.11 Å². The lowest BCUT2D eigenvalue weighted by Crippen LogP contribution is -2.17. The molecule has 1 aromatic rings. The number of aliphatic hydroxyl groups excluding tert-OH is 1. The van der Waals surface area contributed by atoms with Crippen molar-refractivity contribution in [2.24, 2.45) is 5.41 Å². The van der Waals surface area contributed by atoms with Crippen LogP contribution in [0.1, 0.15) is 24.8 Å². The first-order valence-electron chi connectivity index (χ1n) is 6.16. The molecule has 2 N–H and O–H groups in total. The van der Waals surface area contributed by atoms with Crippen molar-refractivity contribution in [3.05, 3.63) is 33.9 Å². The number of rotatable bonds is 6. The van der Waals surface area contributed by atoms with Gasteiger partial charge in [-0.3, -0.25) is 10.1 Å². The van der Waals surface area contributed by atoms with Crippen molar-refractivity contribution >= 4 is 11.4 Å². The molecule has 0 aromatic heterocycles. The van der Waals surface area contributed by atoms with Gasteiger partial charge in [-0.1, -0.05) is 0 Å². The van der Waals surface area contributed by atoms with Crippen LogP contribution >= 0.6 is 0 Å². The fourth-order valence-corrected chi connectivity index (χ4v) is 2.17. The Bertz CT molecular complexity index is 456. The molecule has 0 atom stereocenters. The Morgan fingerprint density at radius 3 is 2.72 bits per heavy atom. The fourth-order valence-electron chi connectivity index (χ4n) is 2.17. The van der Waals surface area contributed by atoms with Crippen molar-refractivity contribution in [3.63, 3.8) is 0 Å². The topological polar surface area (TPSA) is 75.4 Å². The summed E-state index contributed by atoms with van der Waals surface area (Å²) < 4.78 is 0. The van der Waals surface area contributed by atoms with Crippen LogP contribution in [0.4, 0.5) is 11.4 Å². The van der Waals surface area contributed by atoms with Gasteiger partial charge in [-0.15, -0.1) is 0 Å². The summed E-state index contributed by atoms with van der Waals surface area (Å²) in [5.41, 5.74) is 2.17.